The smallest absolute Gasteiger partial charge is 0.352 e. The van der Waals surface area contributed by atoms with E-state index in [1.54, 1.807) is 6.07 Å². The number of carbonyl (C=O) groups excluding carboxylic acids is 1. The second-order valence-corrected chi connectivity index (χ2v) is 5.62. The zero-order chi connectivity index (χ0) is 16.2. The van der Waals surface area contributed by atoms with Crippen molar-refractivity contribution >= 4 is 18.3 Å². The van der Waals surface area contributed by atoms with E-state index in [0.717, 1.165) is 38.4 Å². The first-order valence-corrected chi connectivity index (χ1v) is 7.63. The number of rotatable bonds is 4. The number of halogens is 4. The minimum absolute atomic E-state index is 0. The maximum Gasteiger partial charge on any atom is 0.416 e. The lowest BCUT2D eigenvalue weighted by molar-refractivity contribution is -0.137. The summed E-state index contributed by atoms with van der Waals surface area (Å²) < 4.78 is 39.3. The Bertz CT molecular complexity index is 529. The lowest BCUT2D eigenvalue weighted by Gasteiger charge is -2.24. The molecule has 1 aromatic carbocycles. The van der Waals surface area contributed by atoms with Gasteiger partial charge in [0.15, 0.2) is 0 Å². The van der Waals surface area contributed by atoms with Gasteiger partial charge >= 0.3 is 6.18 Å². The van der Waals surface area contributed by atoms with Gasteiger partial charge in [0.25, 0.3) is 5.91 Å². The monoisotopic (exact) mass is 350 g/mol. The lowest BCUT2D eigenvalue weighted by Crippen LogP contribution is -2.28. The quantitative estimate of drug-likeness (QED) is 0.868. The van der Waals surface area contributed by atoms with Crippen molar-refractivity contribution in [2.24, 2.45) is 0 Å². The van der Waals surface area contributed by atoms with Gasteiger partial charge in [-0.2, -0.15) is 13.2 Å². The zero-order valence-corrected chi connectivity index (χ0v) is 13.8. The van der Waals surface area contributed by atoms with Crippen LogP contribution in [-0.4, -0.2) is 25.5 Å². The molecule has 1 saturated heterocycles. The van der Waals surface area contributed by atoms with Gasteiger partial charge in [-0.25, -0.2) is 0 Å². The molecule has 0 aromatic heterocycles. The highest BCUT2D eigenvalue weighted by Crippen LogP contribution is 2.34. The molecule has 3 nitrogen and oxygen atoms in total. The van der Waals surface area contributed by atoms with E-state index in [9.17, 15) is 18.0 Å². The highest BCUT2D eigenvalue weighted by atomic mass is 35.5. The average molecular weight is 351 g/mol. The molecule has 2 rings (SSSR count). The summed E-state index contributed by atoms with van der Waals surface area (Å²) >= 11 is 0. The van der Waals surface area contributed by atoms with Gasteiger partial charge in [-0.1, -0.05) is 6.92 Å². The molecule has 1 aliphatic heterocycles. The molecular formula is C16H22ClF3N2O. The van der Waals surface area contributed by atoms with Crippen molar-refractivity contribution in [1.29, 1.82) is 0 Å². The van der Waals surface area contributed by atoms with E-state index in [2.05, 4.69) is 10.6 Å². The van der Waals surface area contributed by atoms with Crippen LogP contribution in [0.4, 0.5) is 13.2 Å². The van der Waals surface area contributed by atoms with Crippen LogP contribution in [0.3, 0.4) is 0 Å². The largest absolute Gasteiger partial charge is 0.416 e. The summed E-state index contributed by atoms with van der Waals surface area (Å²) in [6.07, 6.45) is -2.12. The van der Waals surface area contributed by atoms with E-state index in [1.165, 1.54) is 6.07 Å². The molecule has 0 spiro atoms. The first-order chi connectivity index (χ1) is 10.4. The molecule has 2 N–H and O–H groups in total. The Hall–Kier alpha value is -1.27. The van der Waals surface area contributed by atoms with Crippen molar-refractivity contribution in [3.05, 3.63) is 34.9 Å². The van der Waals surface area contributed by atoms with Crippen LogP contribution in [0.2, 0.25) is 0 Å². The highest BCUT2D eigenvalue weighted by Gasteiger charge is 2.32. The maximum atomic E-state index is 13.1. The third kappa shape index (κ3) is 5.39. The van der Waals surface area contributed by atoms with Crippen LogP contribution >= 0.6 is 12.4 Å². The third-order valence-electron chi connectivity index (χ3n) is 3.89. The number of alkyl halides is 3. The third-order valence-corrected chi connectivity index (χ3v) is 3.89. The molecule has 130 valence electrons. The summed E-state index contributed by atoms with van der Waals surface area (Å²) in [5, 5.41) is 5.83. The van der Waals surface area contributed by atoms with Crippen molar-refractivity contribution in [3.63, 3.8) is 0 Å². The Morgan fingerprint density at radius 3 is 2.48 bits per heavy atom. The molecule has 0 saturated carbocycles. The van der Waals surface area contributed by atoms with Crippen LogP contribution in [0, 0.1) is 0 Å². The minimum Gasteiger partial charge on any atom is -0.352 e. The zero-order valence-electron chi connectivity index (χ0n) is 13.0. The van der Waals surface area contributed by atoms with Crippen molar-refractivity contribution in [2.45, 2.75) is 38.3 Å². The normalized spacial score (nSPS) is 15.8. The number of benzene rings is 1. The summed E-state index contributed by atoms with van der Waals surface area (Å²) in [6, 6.07) is 3.73. The van der Waals surface area contributed by atoms with E-state index in [-0.39, 0.29) is 23.9 Å². The van der Waals surface area contributed by atoms with Gasteiger partial charge in [0.2, 0.25) is 0 Å². The Morgan fingerprint density at radius 1 is 1.26 bits per heavy atom. The van der Waals surface area contributed by atoms with Crippen LogP contribution in [0.1, 0.15) is 53.6 Å². The number of nitrogens with one attached hydrogen (secondary N) is 2. The molecule has 1 fully saturated rings. The van der Waals surface area contributed by atoms with Crippen molar-refractivity contribution in [2.75, 3.05) is 19.6 Å². The average Bonchev–Trinajstić information content (AvgIpc) is 2.52. The second kappa shape index (κ2) is 8.55. The predicted molar refractivity (Wildman–Crippen MR) is 86.2 cm³/mol. The Balaban J connectivity index is 0.00000264. The van der Waals surface area contributed by atoms with Gasteiger partial charge in [0, 0.05) is 12.1 Å². The van der Waals surface area contributed by atoms with Gasteiger partial charge < -0.3 is 10.6 Å². The van der Waals surface area contributed by atoms with Gasteiger partial charge in [-0.15, -0.1) is 12.4 Å². The number of amides is 1. The van der Waals surface area contributed by atoms with E-state index in [1.807, 2.05) is 6.92 Å². The Morgan fingerprint density at radius 2 is 1.91 bits per heavy atom. The van der Waals surface area contributed by atoms with E-state index in [4.69, 9.17) is 0 Å². The first-order valence-electron chi connectivity index (χ1n) is 7.63. The molecular weight excluding hydrogens is 329 g/mol. The molecule has 1 amide bonds. The molecule has 23 heavy (non-hydrogen) atoms. The minimum atomic E-state index is -4.44. The van der Waals surface area contributed by atoms with Gasteiger partial charge in [-0.3, -0.25) is 4.79 Å². The molecule has 1 heterocycles. The molecule has 1 aliphatic rings. The SMILES string of the molecule is CCCNC(=O)c1cc(C2CCNCC2)cc(C(F)(F)F)c1.Cl. The first kappa shape index (κ1) is 19.8. The summed E-state index contributed by atoms with van der Waals surface area (Å²) in [4.78, 5) is 12.0. The van der Waals surface area contributed by atoms with Crippen LogP contribution in [0.5, 0.6) is 0 Å². The number of carbonyl (C=O) groups is 1. The van der Waals surface area contributed by atoms with E-state index < -0.39 is 17.6 Å². The molecule has 0 unspecified atom stereocenters. The molecule has 0 atom stereocenters. The fraction of sp³-hybridized carbons (Fsp3) is 0.562. The van der Waals surface area contributed by atoms with E-state index in [0.29, 0.717) is 12.1 Å². The Labute approximate surface area is 140 Å². The summed E-state index contributed by atoms with van der Waals surface area (Å²) in [6.45, 7) is 3.93. The standard InChI is InChI=1S/C16H21F3N2O.ClH/c1-2-5-21-15(22)13-8-12(11-3-6-20-7-4-11)9-14(10-13)16(17,18)19;/h8-11,20H,2-7H2,1H3,(H,21,22);1H. The van der Waals surface area contributed by atoms with Crippen LogP contribution < -0.4 is 10.6 Å². The molecule has 7 heteroatoms. The molecule has 1 aromatic rings. The van der Waals surface area contributed by atoms with Crippen LogP contribution in [0.15, 0.2) is 18.2 Å². The molecule has 0 aliphatic carbocycles. The predicted octanol–water partition coefficient (Wildman–Crippen LogP) is 3.73. The highest BCUT2D eigenvalue weighted by molar-refractivity contribution is 5.94. The second-order valence-electron chi connectivity index (χ2n) is 5.62. The van der Waals surface area contributed by atoms with Crippen LogP contribution in [0.25, 0.3) is 0 Å². The number of hydrogen-bond acceptors (Lipinski definition) is 2. The van der Waals surface area contributed by atoms with E-state index >= 15 is 0 Å². The van der Waals surface area contributed by atoms with Crippen molar-refractivity contribution < 1.29 is 18.0 Å². The van der Waals surface area contributed by atoms with Gasteiger partial charge in [-0.05, 0) is 62.0 Å². The number of piperidine rings is 1. The maximum absolute atomic E-state index is 13.1. The fourth-order valence-corrected chi connectivity index (χ4v) is 2.68. The van der Waals surface area contributed by atoms with Gasteiger partial charge in [0.05, 0.1) is 5.56 Å². The van der Waals surface area contributed by atoms with Gasteiger partial charge in [0.1, 0.15) is 0 Å². The summed E-state index contributed by atoms with van der Waals surface area (Å²) in [5.41, 5.74) is -0.0417. The van der Waals surface area contributed by atoms with Crippen LogP contribution in [-0.2, 0) is 6.18 Å². The summed E-state index contributed by atoms with van der Waals surface area (Å²) in [7, 11) is 0. The summed E-state index contributed by atoms with van der Waals surface area (Å²) in [5.74, 6) is -0.371. The molecule has 0 bridgehead atoms. The fourth-order valence-electron chi connectivity index (χ4n) is 2.68. The molecule has 0 radical (unpaired) electrons. The lowest BCUT2D eigenvalue weighted by atomic mass is 9.88. The Kier molecular flexibility index (Phi) is 7.35. The van der Waals surface area contributed by atoms with Crippen molar-refractivity contribution in [1.82, 2.24) is 10.6 Å². The van der Waals surface area contributed by atoms with Crippen molar-refractivity contribution in [3.8, 4) is 0 Å². The number of hydrogen-bond donors (Lipinski definition) is 2. The topological polar surface area (TPSA) is 41.1 Å².